The third-order valence-electron chi connectivity index (χ3n) is 4.64. The Morgan fingerprint density at radius 2 is 2.07 bits per heavy atom. The molecule has 1 saturated carbocycles. The van der Waals surface area contributed by atoms with E-state index in [1.165, 1.54) is 25.7 Å². The first-order chi connectivity index (χ1) is 13.9. The molecule has 0 bridgehead atoms. The maximum Gasteiger partial charge on any atom is 0.410 e. The summed E-state index contributed by atoms with van der Waals surface area (Å²) in [5.41, 5.74) is 0.462. The Hall–Kier alpha value is -1.58. The molecule has 0 aromatic carbocycles. The number of nitrogens with one attached hydrogen (secondary N) is 2. The fourth-order valence-electron chi connectivity index (χ4n) is 3.31. The van der Waals surface area contributed by atoms with E-state index in [0.717, 1.165) is 24.5 Å². The fraction of sp³-hybridized carbons (Fsp3) is 0.682. The average molecular weight is 531 g/mol. The van der Waals surface area contributed by atoms with Crippen LogP contribution in [0.5, 0.6) is 0 Å². The molecule has 1 heterocycles. The largest absolute Gasteiger partial charge is 0.444 e. The number of nitrogens with zero attached hydrogens (tertiary/aromatic N) is 3. The van der Waals surface area contributed by atoms with Gasteiger partial charge in [-0.25, -0.2) is 4.79 Å². The van der Waals surface area contributed by atoms with Gasteiger partial charge in [-0.3, -0.25) is 9.98 Å². The van der Waals surface area contributed by atoms with Gasteiger partial charge in [0.05, 0.1) is 6.54 Å². The number of rotatable bonds is 8. The molecule has 0 atom stereocenters. The molecule has 1 aromatic rings. The zero-order valence-electron chi connectivity index (χ0n) is 18.8. The zero-order chi connectivity index (χ0) is 21.1. The Bertz CT molecular complexity index is 643. The number of carbonyl (C=O) groups is 1. The van der Waals surface area contributed by atoms with Crippen LogP contribution in [0.1, 0.15) is 65.4 Å². The van der Waals surface area contributed by atoms with Gasteiger partial charge in [0, 0.05) is 38.1 Å². The molecule has 0 spiro atoms. The topological polar surface area (TPSA) is 78.9 Å². The second kappa shape index (κ2) is 13.7. The molecule has 0 radical (unpaired) electrons. The van der Waals surface area contributed by atoms with E-state index in [2.05, 4.69) is 22.5 Å². The van der Waals surface area contributed by atoms with Crippen molar-refractivity contribution in [1.82, 2.24) is 20.5 Å². The van der Waals surface area contributed by atoms with E-state index >= 15 is 0 Å². The second-order valence-corrected chi connectivity index (χ2v) is 8.50. The summed E-state index contributed by atoms with van der Waals surface area (Å²) >= 11 is 0. The highest BCUT2D eigenvalue weighted by Crippen LogP contribution is 2.17. The second-order valence-electron chi connectivity index (χ2n) is 8.50. The molecule has 30 heavy (non-hydrogen) atoms. The van der Waals surface area contributed by atoms with Crippen molar-refractivity contribution in [2.75, 3.05) is 19.6 Å². The van der Waals surface area contributed by atoms with Crippen LogP contribution in [0.25, 0.3) is 0 Å². The van der Waals surface area contributed by atoms with Crippen molar-refractivity contribution in [3.63, 3.8) is 0 Å². The quantitative estimate of drug-likeness (QED) is 0.226. The highest BCUT2D eigenvalue weighted by atomic mass is 127. The molecule has 1 fully saturated rings. The standard InChI is InChI=1S/C22H37N5O2.HI/c1-5-24-20(26-19-11-6-7-12-19)25-14-9-15-27(21(28)29-22(2,3)4)17-18-10-8-13-23-16-18;/h8,10,13,16,19H,5-7,9,11-12,14-15,17H2,1-4H3,(H2,24,25,26);1H. The molecule has 170 valence electrons. The van der Waals surface area contributed by atoms with Gasteiger partial charge in [-0.1, -0.05) is 18.9 Å². The summed E-state index contributed by atoms with van der Waals surface area (Å²) in [7, 11) is 0. The maximum atomic E-state index is 12.6. The van der Waals surface area contributed by atoms with Crippen LogP contribution in [0, 0.1) is 0 Å². The fourth-order valence-corrected chi connectivity index (χ4v) is 3.31. The number of hydrogen-bond acceptors (Lipinski definition) is 4. The number of hydrogen-bond donors (Lipinski definition) is 2. The van der Waals surface area contributed by atoms with Crippen molar-refractivity contribution in [3.05, 3.63) is 30.1 Å². The molecule has 2 N–H and O–H groups in total. The maximum absolute atomic E-state index is 12.6. The number of guanidine groups is 1. The normalized spacial score (nSPS) is 14.7. The minimum atomic E-state index is -0.522. The summed E-state index contributed by atoms with van der Waals surface area (Å²) in [5, 5.41) is 6.84. The van der Waals surface area contributed by atoms with Gasteiger partial charge in [-0.15, -0.1) is 24.0 Å². The molecule has 8 heteroatoms. The SMILES string of the molecule is CCNC(=NCCCN(Cc1cccnc1)C(=O)OC(C)(C)C)NC1CCCC1.I. The first kappa shape index (κ1) is 26.5. The van der Waals surface area contributed by atoms with Crippen LogP contribution in [0.4, 0.5) is 4.79 Å². The van der Waals surface area contributed by atoms with Gasteiger partial charge in [-0.2, -0.15) is 0 Å². The molecule has 1 aliphatic rings. The Labute approximate surface area is 198 Å². The summed E-state index contributed by atoms with van der Waals surface area (Å²) < 4.78 is 5.58. The minimum Gasteiger partial charge on any atom is -0.444 e. The molecular weight excluding hydrogens is 493 g/mol. The van der Waals surface area contributed by atoms with E-state index in [4.69, 9.17) is 9.73 Å². The number of pyridine rings is 1. The number of aromatic nitrogens is 1. The molecule has 2 rings (SSSR count). The lowest BCUT2D eigenvalue weighted by Gasteiger charge is -2.27. The molecule has 0 saturated heterocycles. The van der Waals surface area contributed by atoms with E-state index in [0.29, 0.717) is 25.7 Å². The first-order valence-electron chi connectivity index (χ1n) is 10.8. The Morgan fingerprint density at radius 1 is 1.33 bits per heavy atom. The van der Waals surface area contributed by atoms with Crippen LogP contribution < -0.4 is 10.6 Å². The van der Waals surface area contributed by atoms with Gasteiger partial charge in [0.15, 0.2) is 5.96 Å². The number of amides is 1. The highest BCUT2D eigenvalue weighted by molar-refractivity contribution is 14.0. The molecule has 1 aliphatic carbocycles. The summed E-state index contributed by atoms with van der Waals surface area (Å²) in [6.07, 6.45) is 8.97. The highest BCUT2D eigenvalue weighted by Gasteiger charge is 2.22. The third-order valence-corrected chi connectivity index (χ3v) is 4.64. The van der Waals surface area contributed by atoms with Crippen LogP contribution in [-0.4, -0.2) is 53.2 Å². The van der Waals surface area contributed by atoms with E-state index in [1.807, 2.05) is 32.9 Å². The minimum absolute atomic E-state index is 0. The van der Waals surface area contributed by atoms with Gasteiger partial charge >= 0.3 is 6.09 Å². The van der Waals surface area contributed by atoms with E-state index < -0.39 is 5.60 Å². The van der Waals surface area contributed by atoms with Crippen LogP contribution in [0.2, 0.25) is 0 Å². The zero-order valence-corrected chi connectivity index (χ0v) is 21.1. The van der Waals surface area contributed by atoms with Gasteiger partial charge in [0.2, 0.25) is 0 Å². The Morgan fingerprint density at radius 3 is 2.67 bits per heavy atom. The summed E-state index contributed by atoms with van der Waals surface area (Å²) in [6.45, 7) is 10.3. The Balaban J connectivity index is 0.00000450. The molecule has 1 aromatic heterocycles. The lowest BCUT2D eigenvalue weighted by atomic mass is 10.2. The third kappa shape index (κ3) is 10.4. The van der Waals surface area contributed by atoms with Gasteiger partial charge in [0.25, 0.3) is 0 Å². The summed E-state index contributed by atoms with van der Waals surface area (Å²) in [5.74, 6) is 0.871. The van der Waals surface area contributed by atoms with Gasteiger partial charge < -0.3 is 20.3 Å². The van der Waals surface area contributed by atoms with Crippen molar-refractivity contribution in [2.45, 2.75) is 78.0 Å². The van der Waals surface area contributed by atoms with Crippen molar-refractivity contribution in [3.8, 4) is 0 Å². The summed E-state index contributed by atoms with van der Waals surface area (Å²) in [6, 6.07) is 4.37. The van der Waals surface area contributed by atoms with E-state index in [9.17, 15) is 4.79 Å². The van der Waals surface area contributed by atoms with Gasteiger partial charge in [-0.05, 0) is 58.6 Å². The number of aliphatic imine (C=N–C) groups is 1. The number of halogens is 1. The predicted molar refractivity (Wildman–Crippen MR) is 132 cm³/mol. The predicted octanol–water partition coefficient (Wildman–Crippen LogP) is 4.32. The van der Waals surface area contributed by atoms with Crippen molar-refractivity contribution >= 4 is 36.0 Å². The van der Waals surface area contributed by atoms with E-state index in [1.54, 1.807) is 17.3 Å². The van der Waals surface area contributed by atoms with Crippen molar-refractivity contribution in [2.24, 2.45) is 4.99 Å². The van der Waals surface area contributed by atoms with Crippen LogP contribution in [0.15, 0.2) is 29.5 Å². The monoisotopic (exact) mass is 531 g/mol. The molecular formula is C22H38IN5O2. The van der Waals surface area contributed by atoms with E-state index in [-0.39, 0.29) is 30.1 Å². The van der Waals surface area contributed by atoms with Crippen LogP contribution >= 0.6 is 24.0 Å². The lowest BCUT2D eigenvalue weighted by molar-refractivity contribution is 0.0232. The number of ether oxygens (including phenoxy) is 1. The molecule has 0 unspecified atom stereocenters. The van der Waals surface area contributed by atoms with Crippen molar-refractivity contribution in [1.29, 1.82) is 0 Å². The van der Waals surface area contributed by atoms with Crippen LogP contribution in [-0.2, 0) is 11.3 Å². The smallest absolute Gasteiger partial charge is 0.410 e. The molecule has 1 amide bonds. The lowest BCUT2D eigenvalue weighted by Crippen LogP contribution is -2.42. The first-order valence-corrected chi connectivity index (χ1v) is 10.8. The molecule has 0 aliphatic heterocycles. The Kier molecular flexibility index (Phi) is 12.1. The van der Waals surface area contributed by atoms with Gasteiger partial charge in [0.1, 0.15) is 5.60 Å². The van der Waals surface area contributed by atoms with Crippen LogP contribution in [0.3, 0.4) is 0 Å². The molecule has 7 nitrogen and oxygen atoms in total. The van der Waals surface area contributed by atoms with Crippen molar-refractivity contribution < 1.29 is 9.53 Å². The number of carbonyl (C=O) groups excluding carboxylic acids is 1. The summed E-state index contributed by atoms with van der Waals surface area (Å²) in [4.78, 5) is 23.2. The average Bonchev–Trinajstić information content (AvgIpc) is 3.16.